The van der Waals surface area contributed by atoms with Crippen LogP contribution in [0.2, 0.25) is 0 Å². The van der Waals surface area contributed by atoms with Crippen LogP contribution >= 0.6 is 0 Å². The Labute approximate surface area is 49.0 Å². The molecule has 0 spiro atoms. The van der Waals surface area contributed by atoms with E-state index in [4.69, 9.17) is 5.73 Å². The van der Waals surface area contributed by atoms with Gasteiger partial charge >= 0.3 is 0 Å². The summed E-state index contributed by atoms with van der Waals surface area (Å²) in [6.45, 7) is 4.76. The van der Waals surface area contributed by atoms with Crippen LogP contribution in [0.3, 0.4) is 0 Å². The zero-order valence-corrected chi connectivity index (χ0v) is 4.80. The van der Waals surface area contributed by atoms with Gasteiger partial charge in [-0.1, -0.05) is 6.08 Å². The zero-order valence-electron chi connectivity index (χ0n) is 4.80. The SMILES string of the molecule is C=CCOOCCN. The molecule has 0 aliphatic carbocycles. The summed E-state index contributed by atoms with van der Waals surface area (Å²) < 4.78 is 0. The van der Waals surface area contributed by atoms with Gasteiger partial charge in [0.2, 0.25) is 0 Å². The average molecular weight is 117 g/mol. The summed E-state index contributed by atoms with van der Waals surface area (Å²) >= 11 is 0. The highest BCUT2D eigenvalue weighted by Gasteiger charge is 1.79. The molecule has 0 heterocycles. The first-order chi connectivity index (χ1) is 3.91. The molecule has 0 saturated heterocycles. The minimum absolute atomic E-state index is 0.417. The van der Waals surface area contributed by atoms with E-state index in [0.717, 1.165) is 0 Å². The number of hydrogen-bond donors (Lipinski definition) is 1. The molecule has 0 atom stereocenters. The van der Waals surface area contributed by atoms with Crippen LogP contribution in [0.5, 0.6) is 0 Å². The molecular weight excluding hydrogens is 106 g/mol. The molecule has 0 rings (SSSR count). The summed E-state index contributed by atoms with van der Waals surface area (Å²) in [6.07, 6.45) is 1.61. The summed E-state index contributed by atoms with van der Waals surface area (Å²) in [7, 11) is 0. The van der Waals surface area contributed by atoms with Crippen molar-refractivity contribution in [2.45, 2.75) is 0 Å². The lowest BCUT2D eigenvalue weighted by Crippen LogP contribution is -2.08. The Hall–Kier alpha value is -0.380. The summed E-state index contributed by atoms with van der Waals surface area (Å²) in [5, 5.41) is 0. The predicted molar refractivity (Wildman–Crippen MR) is 31.2 cm³/mol. The molecule has 0 bridgehead atoms. The van der Waals surface area contributed by atoms with Gasteiger partial charge in [-0.25, -0.2) is 9.78 Å². The second-order valence-corrected chi connectivity index (χ2v) is 1.18. The van der Waals surface area contributed by atoms with Gasteiger partial charge in [0, 0.05) is 6.54 Å². The van der Waals surface area contributed by atoms with Crippen molar-refractivity contribution >= 4 is 0 Å². The Morgan fingerprint density at radius 3 is 2.75 bits per heavy atom. The Balaban J connectivity index is 2.62. The van der Waals surface area contributed by atoms with Crippen LogP contribution < -0.4 is 5.73 Å². The second kappa shape index (κ2) is 6.62. The van der Waals surface area contributed by atoms with Gasteiger partial charge in [0.25, 0.3) is 0 Å². The molecule has 0 aromatic rings. The lowest BCUT2D eigenvalue weighted by Gasteiger charge is -1.96. The van der Waals surface area contributed by atoms with Crippen LogP contribution in [0.15, 0.2) is 12.7 Å². The van der Waals surface area contributed by atoms with E-state index in [2.05, 4.69) is 16.4 Å². The maximum absolute atomic E-state index is 5.08. The van der Waals surface area contributed by atoms with Crippen LogP contribution in [0.25, 0.3) is 0 Å². The van der Waals surface area contributed by atoms with E-state index in [1.165, 1.54) is 0 Å². The van der Waals surface area contributed by atoms with Crippen LogP contribution in [-0.4, -0.2) is 19.8 Å². The van der Waals surface area contributed by atoms with Crippen molar-refractivity contribution in [2.75, 3.05) is 19.8 Å². The van der Waals surface area contributed by atoms with Crippen molar-refractivity contribution in [3.8, 4) is 0 Å². The minimum Gasteiger partial charge on any atom is -0.328 e. The first kappa shape index (κ1) is 7.62. The largest absolute Gasteiger partial charge is 0.328 e. The zero-order chi connectivity index (χ0) is 6.24. The maximum Gasteiger partial charge on any atom is 0.100 e. The topological polar surface area (TPSA) is 44.5 Å². The van der Waals surface area contributed by atoms with Gasteiger partial charge < -0.3 is 5.73 Å². The van der Waals surface area contributed by atoms with E-state index in [1.54, 1.807) is 6.08 Å². The molecule has 0 radical (unpaired) electrons. The highest BCUT2D eigenvalue weighted by molar-refractivity contribution is 4.62. The summed E-state index contributed by atoms with van der Waals surface area (Å²) in [4.78, 5) is 9.05. The molecule has 2 N–H and O–H groups in total. The molecule has 0 amide bonds. The van der Waals surface area contributed by atoms with E-state index < -0.39 is 0 Å². The Bertz CT molecular complexity index is 56.4. The molecule has 0 fully saturated rings. The van der Waals surface area contributed by atoms with Crippen molar-refractivity contribution in [3.63, 3.8) is 0 Å². The van der Waals surface area contributed by atoms with Crippen molar-refractivity contribution in [1.29, 1.82) is 0 Å². The fourth-order valence-corrected chi connectivity index (χ4v) is 0.203. The lowest BCUT2D eigenvalue weighted by molar-refractivity contribution is -0.283. The highest BCUT2D eigenvalue weighted by Crippen LogP contribution is 1.75. The third kappa shape index (κ3) is 5.62. The number of nitrogens with two attached hydrogens (primary N) is 1. The third-order valence-corrected chi connectivity index (χ3v) is 0.470. The normalized spacial score (nSPS) is 9.12. The maximum atomic E-state index is 5.08. The van der Waals surface area contributed by atoms with Crippen LogP contribution in [0.1, 0.15) is 0 Å². The molecule has 0 unspecified atom stereocenters. The average Bonchev–Trinajstić information content (AvgIpc) is 1.81. The van der Waals surface area contributed by atoms with Crippen LogP contribution in [0.4, 0.5) is 0 Å². The smallest absolute Gasteiger partial charge is 0.100 e. The van der Waals surface area contributed by atoms with Gasteiger partial charge in [0.05, 0.1) is 6.61 Å². The first-order valence-corrected chi connectivity index (χ1v) is 2.47. The summed E-state index contributed by atoms with van der Waals surface area (Å²) in [6, 6.07) is 0. The van der Waals surface area contributed by atoms with Crippen molar-refractivity contribution in [2.24, 2.45) is 5.73 Å². The molecule has 0 aromatic carbocycles. The minimum atomic E-state index is 0.417. The monoisotopic (exact) mass is 117 g/mol. The van der Waals surface area contributed by atoms with Crippen LogP contribution in [-0.2, 0) is 9.78 Å². The van der Waals surface area contributed by atoms with Gasteiger partial charge in [-0.15, -0.1) is 6.58 Å². The number of rotatable bonds is 5. The predicted octanol–water partition coefficient (Wildman–Crippen LogP) is 0.0793. The lowest BCUT2D eigenvalue weighted by atomic mass is 10.7. The molecule has 0 saturated carbocycles. The van der Waals surface area contributed by atoms with Gasteiger partial charge in [0.15, 0.2) is 0 Å². The summed E-state index contributed by atoms with van der Waals surface area (Å²) in [5.74, 6) is 0. The fraction of sp³-hybridized carbons (Fsp3) is 0.600. The molecule has 0 aliphatic heterocycles. The fourth-order valence-electron chi connectivity index (χ4n) is 0.203. The van der Waals surface area contributed by atoms with Gasteiger partial charge in [-0.05, 0) is 0 Å². The standard InChI is InChI=1S/C5H11NO2/c1-2-4-7-8-5-3-6/h2H,1,3-6H2. The van der Waals surface area contributed by atoms with Gasteiger partial charge in [0.1, 0.15) is 6.61 Å². The van der Waals surface area contributed by atoms with E-state index >= 15 is 0 Å². The molecule has 0 aliphatic rings. The first-order valence-electron chi connectivity index (χ1n) is 2.47. The van der Waals surface area contributed by atoms with E-state index in [0.29, 0.717) is 19.8 Å². The van der Waals surface area contributed by atoms with Gasteiger partial charge in [-0.3, -0.25) is 0 Å². The quantitative estimate of drug-likeness (QED) is 0.240. The molecular formula is C5H11NO2. The van der Waals surface area contributed by atoms with Crippen LogP contribution in [0, 0.1) is 0 Å². The van der Waals surface area contributed by atoms with Crippen molar-refractivity contribution in [3.05, 3.63) is 12.7 Å². The van der Waals surface area contributed by atoms with Gasteiger partial charge in [-0.2, -0.15) is 0 Å². The molecule has 8 heavy (non-hydrogen) atoms. The molecule has 48 valence electrons. The molecule has 0 aromatic heterocycles. The highest BCUT2D eigenvalue weighted by atomic mass is 17.2. The van der Waals surface area contributed by atoms with E-state index in [1.807, 2.05) is 0 Å². The summed E-state index contributed by atoms with van der Waals surface area (Å²) in [5.41, 5.74) is 5.08. The van der Waals surface area contributed by atoms with E-state index in [-0.39, 0.29) is 0 Å². The van der Waals surface area contributed by atoms with E-state index in [9.17, 15) is 0 Å². The second-order valence-electron chi connectivity index (χ2n) is 1.18. The number of hydrogen-bond acceptors (Lipinski definition) is 3. The third-order valence-electron chi connectivity index (χ3n) is 0.470. The molecule has 3 nitrogen and oxygen atoms in total. The van der Waals surface area contributed by atoms with Crippen molar-refractivity contribution in [1.82, 2.24) is 0 Å². The molecule has 3 heteroatoms. The Morgan fingerprint density at radius 1 is 1.50 bits per heavy atom. The Morgan fingerprint density at radius 2 is 2.25 bits per heavy atom. The Kier molecular flexibility index (Phi) is 6.31. The van der Waals surface area contributed by atoms with Crippen molar-refractivity contribution < 1.29 is 9.78 Å².